The Labute approximate surface area is 35.8 Å². The molecule has 2 heteroatoms. The van der Waals surface area contributed by atoms with E-state index >= 15 is 0 Å². The Hall–Kier alpha value is -0.920. The van der Waals surface area contributed by atoms with Gasteiger partial charge in [0.1, 0.15) is 6.20 Å². The summed E-state index contributed by atoms with van der Waals surface area (Å²) in [5.74, 6) is 0. The number of hydrogen-bond donors (Lipinski definition) is 0. The fourth-order valence-corrected chi connectivity index (χ4v) is 0.199. The Balaban J connectivity index is 3.00. The molecule has 0 saturated heterocycles. The third kappa shape index (κ3) is 0.516. The van der Waals surface area contributed by atoms with Crippen LogP contribution >= 0.6 is 0 Å². The van der Waals surface area contributed by atoms with E-state index in [1.165, 1.54) is 6.20 Å². The van der Waals surface area contributed by atoms with E-state index in [9.17, 15) is 0 Å². The first-order chi connectivity index (χ1) is 3.00. The van der Waals surface area contributed by atoms with Crippen molar-refractivity contribution in [3.8, 4) is 0 Å². The third-order valence-electron chi connectivity index (χ3n) is 0.396. The Morgan fingerprint density at radius 1 is 1.50 bits per heavy atom. The van der Waals surface area contributed by atoms with Crippen LogP contribution in [0.1, 0.15) is 0 Å². The summed E-state index contributed by atoms with van der Waals surface area (Å²) in [6.07, 6.45) is 3.96. The smallest absolute Gasteiger partial charge is 0.114 e. The van der Waals surface area contributed by atoms with Crippen LogP contribution < -0.4 is 0 Å². The van der Waals surface area contributed by atoms with Crippen molar-refractivity contribution in [1.82, 2.24) is 10.2 Å². The molecule has 1 heterocycles. The van der Waals surface area contributed by atoms with E-state index in [2.05, 4.69) is 22.5 Å². The highest BCUT2D eigenvalue weighted by atomic mass is 15.1. The second-order valence-corrected chi connectivity index (χ2v) is 0.785. The Kier molecular flexibility index (Phi) is 0.819. The fraction of sp³-hybridized carbons (Fsp3) is 0. The highest BCUT2D eigenvalue weighted by Gasteiger charge is 1.62. The molecular weight excluding hydrogens is 76.1 g/mol. The predicted molar refractivity (Wildman–Crippen MR) is 19.7 cm³/mol. The highest BCUT2D eigenvalue weighted by Crippen LogP contribution is 1.65. The lowest BCUT2D eigenvalue weighted by Gasteiger charge is -1.66. The van der Waals surface area contributed by atoms with Gasteiger partial charge in [-0.25, -0.2) is 0 Å². The topological polar surface area (TPSA) is 25.8 Å². The van der Waals surface area contributed by atoms with Crippen LogP contribution in [0.15, 0.2) is 12.3 Å². The van der Waals surface area contributed by atoms with Crippen LogP contribution in [0.5, 0.6) is 0 Å². The molecule has 6 heavy (non-hydrogen) atoms. The minimum absolute atomic E-state index is 1.48. The highest BCUT2D eigenvalue weighted by molar-refractivity contribution is 4.75. The van der Waals surface area contributed by atoms with Crippen molar-refractivity contribution in [3.63, 3.8) is 0 Å². The molecule has 0 fully saturated rings. The summed E-state index contributed by atoms with van der Waals surface area (Å²) in [7, 11) is 0. The maximum absolute atomic E-state index is 3.42. The molecule has 0 spiro atoms. The summed E-state index contributed by atoms with van der Waals surface area (Å²) in [6, 6.07) is 4.24. The maximum Gasteiger partial charge on any atom is 0.114 e. The van der Waals surface area contributed by atoms with Crippen LogP contribution in [-0.4, -0.2) is 10.2 Å². The predicted octanol–water partition coefficient (Wildman–Crippen LogP) is 0.0770. The van der Waals surface area contributed by atoms with Crippen LogP contribution in [0, 0.1) is 12.3 Å². The molecule has 28 valence electrons. The zero-order valence-electron chi connectivity index (χ0n) is 3.05. The maximum atomic E-state index is 3.42. The molecule has 0 amide bonds. The average molecular weight is 78.1 g/mol. The molecule has 2 nitrogen and oxygen atoms in total. The number of hydrogen-bond acceptors (Lipinski definition) is 2. The standard InChI is InChI=1S/C4H2N2/c1-2-4-6-5-3-1/h1,4H. The van der Waals surface area contributed by atoms with Gasteiger partial charge in [-0.15, -0.1) is 5.10 Å². The lowest BCUT2D eigenvalue weighted by molar-refractivity contribution is 1.02. The van der Waals surface area contributed by atoms with Crippen molar-refractivity contribution in [1.29, 1.82) is 0 Å². The number of nitrogens with zero attached hydrogens (tertiary/aromatic N) is 2. The molecule has 0 aliphatic rings. The normalized spacial score (nSPS) is 8.00. The molecule has 1 aromatic heterocycles. The minimum Gasteiger partial charge on any atom is -0.158 e. The molecule has 0 aliphatic heterocycles. The summed E-state index contributed by atoms with van der Waals surface area (Å²) in [6.45, 7) is 0. The lowest BCUT2D eigenvalue weighted by atomic mass is 10.6. The third-order valence-corrected chi connectivity index (χ3v) is 0.396. The molecule has 0 N–H and O–H groups in total. The van der Waals surface area contributed by atoms with Gasteiger partial charge in [0.25, 0.3) is 0 Å². The second-order valence-electron chi connectivity index (χ2n) is 0.785. The largest absolute Gasteiger partial charge is 0.158 e. The summed E-state index contributed by atoms with van der Waals surface area (Å²) >= 11 is 0. The van der Waals surface area contributed by atoms with Crippen molar-refractivity contribution in [2.75, 3.05) is 0 Å². The molecule has 0 bridgehead atoms. The van der Waals surface area contributed by atoms with Gasteiger partial charge in [-0.2, -0.15) is 5.10 Å². The summed E-state index contributed by atoms with van der Waals surface area (Å²) in [5.41, 5.74) is 0. The fourth-order valence-electron chi connectivity index (χ4n) is 0.199. The van der Waals surface area contributed by atoms with Gasteiger partial charge in [0.2, 0.25) is 0 Å². The van der Waals surface area contributed by atoms with Gasteiger partial charge in [0, 0.05) is 6.07 Å². The average Bonchev–Trinajstić information content (AvgIpc) is 1.72. The van der Waals surface area contributed by atoms with Crippen LogP contribution in [0.3, 0.4) is 0 Å². The Morgan fingerprint density at radius 3 is 2.67 bits per heavy atom. The SMILES string of the molecule is [c]1c[c]nnc1. The Bertz CT molecular complexity index is 77.5. The first kappa shape index (κ1) is 3.28. The number of aromatic nitrogens is 2. The van der Waals surface area contributed by atoms with Gasteiger partial charge in [0.05, 0.1) is 6.20 Å². The van der Waals surface area contributed by atoms with Crippen molar-refractivity contribution in [3.05, 3.63) is 24.5 Å². The quantitative estimate of drug-likeness (QED) is 0.439. The van der Waals surface area contributed by atoms with E-state index in [1.54, 1.807) is 6.07 Å². The monoisotopic (exact) mass is 78.0 g/mol. The van der Waals surface area contributed by atoms with Crippen molar-refractivity contribution in [2.45, 2.75) is 0 Å². The lowest BCUT2D eigenvalue weighted by Crippen LogP contribution is -1.71. The van der Waals surface area contributed by atoms with E-state index in [4.69, 9.17) is 0 Å². The second kappa shape index (κ2) is 1.50. The van der Waals surface area contributed by atoms with Gasteiger partial charge in [-0.05, 0) is 6.07 Å². The van der Waals surface area contributed by atoms with Gasteiger partial charge in [0.15, 0.2) is 0 Å². The number of rotatable bonds is 0. The van der Waals surface area contributed by atoms with Crippen LogP contribution in [-0.2, 0) is 0 Å². The molecular formula is C4H2N2. The van der Waals surface area contributed by atoms with Crippen molar-refractivity contribution < 1.29 is 0 Å². The Morgan fingerprint density at radius 2 is 2.50 bits per heavy atom. The van der Waals surface area contributed by atoms with Gasteiger partial charge < -0.3 is 0 Å². The zero-order valence-corrected chi connectivity index (χ0v) is 3.05. The van der Waals surface area contributed by atoms with Gasteiger partial charge >= 0.3 is 0 Å². The minimum atomic E-state index is 1.48. The van der Waals surface area contributed by atoms with E-state index in [1.807, 2.05) is 0 Å². The molecule has 1 rings (SSSR count). The van der Waals surface area contributed by atoms with Crippen molar-refractivity contribution >= 4 is 0 Å². The molecule has 0 aromatic carbocycles. The summed E-state index contributed by atoms with van der Waals surface area (Å²) < 4.78 is 0. The van der Waals surface area contributed by atoms with Crippen LogP contribution in [0.4, 0.5) is 0 Å². The molecule has 1 aromatic rings. The molecule has 0 aliphatic carbocycles. The van der Waals surface area contributed by atoms with Crippen molar-refractivity contribution in [2.24, 2.45) is 0 Å². The zero-order chi connectivity index (χ0) is 4.24. The molecule has 2 radical (unpaired) electrons. The molecule has 0 atom stereocenters. The summed E-state index contributed by atoms with van der Waals surface area (Å²) in [5, 5.41) is 6.80. The van der Waals surface area contributed by atoms with Crippen LogP contribution in [0.2, 0.25) is 0 Å². The van der Waals surface area contributed by atoms with E-state index in [0.29, 0.717) is 0 Å². The first-order valence-electron chi connectivity index (χ1n) is 1.55. The van der Waals surface area contributed by atoms with E-state index in [-0.39, 0.29) is 0 Å². The summed E-state index contributed by atoms with van der Waals surface area (Å²) in [4.78, 5) is 0. The van der Waals surface area contributed by atoms with E-state index in [0.717, 1.165) is 0 Å². The van der Waals surface area contributed by atoms with Gasteiger partial charge in [-0.1, -0.05) is 0 Å². The van der Waals surface area contributed by atoms with Crippen LogP contribution in [0.25, 0.3) is 0 Å². The molecule has 0 unspecified atom stereocenters. The molecule has 0 saturated carbocycles. The first-order valence-corrected chi connectivity index (χ1v) is 1.55. The van der Waals surface area contributed by atoms with Gasteiger partial charge in [-0.3, -0.25) is 0 Å². The van der Waals surface area contributed by atoms with E-state index < -0.39 is 0 Å².